The molecule has 0 bridgehead atoms. The van der Waals surface area contributed by atoms with E-state index in [1.807, 2.05) is 12.1 Å². The molecule has 0 aliphatic rings. The lowest BCUT2D eigenvalue weighted by molar-refractivity contribution is 0.102. The maximum Gasteiger partial charge on any atom is 0.261 e. The van der Waals surface area contributed by atoms with Crippen LogP contribution in [-0.2, 0) is 5.41 Å². The summed E-state index contributed by atoms with van der Waals surface area (Å²) in [7, 11) is 0. The van der Waals surface area contributed by atoms with Crippen LogP contribution in [0.4, 0.5) is 5.95 Å². The highest BCUT2D eigenvalue weighted by Crippen LogP contribution is 2.22. The summed E-state index contributed by atoms with van der Waals surface area (Å²) in [6.45, 7) is 6.34. The largest absolute Gasteiger partial charge is 0.346 e. The molecule has 3 rings (SSSR count). The van der Waals surface area contributed by atoms with Gasteiger partial charge in [-0.3, -0.25) is 19.9 Å². The standard InChI is InChI=1S/C17H18N4O2/c1-17(2,3)11-6-4-10(5-7-11)14(22)20-16-19-13-12(8-9-18-13)15(23)21-16/h4-9H,1-3H3,(H3,18,19,20,21,22,23). The Morgan fingerprint density at radius 1 is 1.13 bits per heavy atom. The van der Waals surface area contributed by atoms with Gasteiger partial charge in [0.25, 0.3) is 11.5 Å². The number of carbonyl (C=O) groups excluding carboxylic acids is 1. The Balaban J connectivity index is 1.84. The van der Waals surface area contributed by atoms with Crippen molar-refractivity contribution in [3.63, 3.8) is 0 Å². The quantitative estimate of drug-likeness (QED) is 0.679. The number of hydrogen-bond acceptors (Lipinski definition) is 3. The van der Waals surface area contributed by atoms with E-state index >= 15 is 0 Å². The van der Waals surface area contributed by atoms with Crippen LogP contribution in [0.15, 0.2) is 41.3 Å². The fourth-order valence-electron chi connectivity index (χ4n) is 2.31. The number of H-pyrrole nitrogens is 2. The molecule has 0 atom stereocenters. The molecule has 0 radical (unpaired) electrons. The first-order valence-electron chi connectivity index (χ1n) is 7.34. The predicted molar refractivity (Wildman–Crippen MR) is 89.8 cm³/mol. The SMILES string of the molecule is CC(C)(C)c1ccc(C(=O)Nc2nc3[nH]ccc3c(=O)[nH]2)cc1. The third kappa shape index (κ3) is 3.01. The summed E-state index contributed by atoms with van der Waals surface area (Å²) in [6.07, 6.45) is 1.63. The summed E-state index contributed by atoms with van der Waals surface area (Å²) in [5.74, 6) is -0.200. The summed E-state index contributed by atoms with van der Waals surface area (Å²) in [5, 5.41) is 3.07. The van der Waals surface area contributed by atoms with Crippen molar-refractivity contribution in [2.75, 3.05) is 5.32 Å². The molecule has 0 spiro atoms. The number of hydrogen-bond donors (Lipinski definition) is 3. The van der Waals surface area contributed by atoms with Gasteiger partial charge < -0.3 is 4.98 Å². The van der Waals surface area contributed by atoms with Gasteiger partial charge in [-0.05, 0) is 29.2 Å². The minimum absolute atomic E-state index is 0.0282. The second-order valence-electron chi connectivity index (χ2n) is 6.44. The van der Waals surface area contributed by atoms with Crippen molar-refractivity contribution in [2.24, 2.45) is 0 Å². The first kappa shape index (κ1) is 15.0. The molecule has 1 amide bonds. The molecule has 1 aromatic carbocycles. The summed E-state index contributed by atoms with van der Waals surface area (Å²) >= 11 is 0. The van der Waals surface area contributed by atoms with Gasteiger partial charge in [-0.15, -0.1) is 0 Å². The molecule has 23 heavy (non-hydrogen) atoms. The highest BCUT2D eigenvalue weighted by atomic mass is 16.2. The monoisotopic (exact) mass is 310 g/mol. The molecule has 0 unspecified atom stereocenters. The van der Waals surface area contributed by atoms with E-state index in [9.17, 15) is 9.59 Å². The average Bonchev–Trinajstić information content (AvgIpc) is 2.95. The molecule has 0 aliphatic heterocycles. The van der Waals surface area contributed by atoms with Gasteiger partial charge in [0.05, 0.1) is 5.39 Å². The molecule has 0 aliphatic carbocycles. The molecule has 6 heteroatoms. The van der Waals surface area contributed by atoms with Crippen LogP contribution < -0.4 is 10.9 Å². The van der Waals surface area contributed by atoms with Crippen LogP contribution >= 0.6 is 0 Å². The van der Waals surface area contributed by atoms with Crippen LogP contribution in [0.1, 0.15) is 36.7 Å². The highest BCUT2D eigenvalue weighted by molar-refractivity contribution is 6.03. The number of aromatic nitrogens is 3. The summed E-state index contributed by atoms with van der Waals surface area (Å²) in [5.41, 5.74) is 1.82. The summed E-state index contributed by atoms with van der Waals surface area (Å²) < 4.78 is 0. The van der Waals surface area contributed by atoms with Crippen LogP contribution in [0, 0.1) is 0 Å². The van der Waals surface area contributed by atoms with Crippen molar-refractivity contribution in [1.82, 2.24) is 15.0 Å². The average molecular weight is 310 g/mol. The third-order valence-corrected chi connectivity index (χ3v) is 3.67. The smallest absolute Gasteiger partial charge is 0.261 e. The number of nitrogens with zero attached hydrogens (tertiary/aromatic N) is 1. The lowest BCUT2D eigenvalue weighted by Gasteiger charge is -2.19. The van der Waals surface area contributed by atoms with Crippen LogP contribution in [0.2, 0.25) is 0 Å². The predicted octanol–water partition coefficient (Wildman–Crippen LogP) is 2.80. The lowest BCUT2D eigenvalue weighted by Crippen LogP contribution is -2.18. The second-order valence-corrected chi connectivity index (χ2v) is 6.44. The molecule has 2 aromatic heterocycles. The van der Waals surface area contributed by atoms with E-state index in [1.165, 1.54) is 0 Å². The van der Waals surface area contributed by atoms with Crippen molar-refractivity contribution < 1.29 is 4.79 Å². The van der Waals surface area contributed by atoms with E-state index < -0.39 is 0 Å². The van der Waals surface area contributed by atoms with Gasteiger partial charge in [-0.25, -0.2) is 0 Å². The Hall–Kier alpha value is -2.89. The van der Waals surface area contributed by atoms with Crippen molar-refractivity contribution in [2.45, 2.75) is 26.2 Å². The van der Waals surface area contributed by atoms with Crippen molar-refractivity contribution in [3.8, 4) is 0 Å². The Morgan fingerprint density at radius 2 is 1.83 bits per heavy atom. The zero-order valence-corrected chi connectivity index (χ0v) is 13.2. The molecule has 0 saturated carbocycles. The van der Waals surface area contributed by atoms with Crippen molar-refractivity contribution in [1.29, 1.82) is 0 Å². The van der Waals surface area contributed by atoms with Crippen molar-refractivity contribution in [3.05, 3.63) is 58.0 Å². The fraction of sp³-hybridized carbons (Fsp3) is 0.235. The maximum absolute atomic E-state index is 12.3. The van der Waals surface area contributed by atoms with E-state index in [0.29, 0.717) is 16.6 Å². The molecule has 3 aromatic rings. The number of benzene rings is 1. The minimum atomic E-state index is -0.320. The molecular formula is C17H18N4O2. The van der Waals surface area contributed by atoms with E-state index in [0.717, 1.165) is 5.56 Å². The molecular weight excluding hydrogens is 292 g/mol. The number of rotatable bonds is 2. The maximum atomic E-state index is 12.3. The summed E-state index contributed by atoms with van der Waals surface area (Å²) in [6, 6.07) is 9.03. The lowest BCUT2D eigenvalue weighted by atomic mass is 9.87. The Kier molecular flexibility index (Phi) is 3.52. The zero-order valence-electron chi connectivity index (χ0n) is 13.2. The van der Waals surface area contributed by atoms with Gasteiger partial charge in [0.2, 0.25) is 5.95 Å². The number of amides is 1. The second kappa shape index (κ2) is 5.39. The van der Waals surface area contributed by atoms with E-state index in [-0.39, 0.29) is 22.8 Å². The number of anilines is 1. The number of aromatic amines is 2. The van der Waals surface area contributed by atoms with Gasteiger partial charge >= 0.3 is 0 Å². The molecule has 0 fully saturated rings. The van der Waals surface area contributed by atoms with Gasteiger partial charge in [0.1, 0.15) is 5.65 Å². The Labute approximate surface area is 133 Å². The van der Waals surface area contributed by atoms with Gasteiger partial charge in [-0.1, -0.05) is 32.9 Å². The van der Waals surface area contributed by atoms with Crippen molar-refractivity contribution >= 4 is 22.9 Å². The molecule has 2 heterocycles. The highest BCUT2D eigenvalue weighted by Gasteiger charge is 2.15. The number of carbonyl (C=O) groups is 1. The normalized spacial score (nSPS) is 11.6. The molecule has 118 valence electrons. The van der Waals surface area contributed by atoms with Crippen LogP contribution in [0.5, 0.6) is 0 Å². The molecule has 6 nitrogen and oxygen atoms in total. The molecule has 3 N–H and O–H groups in total. The first-order chi connectivity index (χ1) is 10.8. The number of fused-ring (bicyclic) bond motifs is 1. The summed E-state index contributed by atoms with van der Waals surface area (Å²) in [4.78, 5) is 33.7. The minimum Gasteiger partial charge on any atom is -0.346 e. The molecule has 0 saturated heterocycles. The fourth-order valence-corrected chi connectivity index (χ4v) is 2.31. The first-order valence-corrected chi connectivity index (χ1v) is 7.34. The van der Waals surface area contributed by atoms with E-state index in [1.54, 1.807) is 24.4 Å². The van der Waals surface area contributed by atoms with Crippen LogP contribution in [0.3, 0.4) is 0 Å². The third-order valence-electron chi connectivity index (χ3n) is 3.67. The van der Waals surface area contributed by atoms with E-state index in [4.69, 9.17) is 0 Å². The van der Waals surface area contributed by atoms with Gasteiger partial charge in [0.15, 0.2) is 0 Å². The van der Waals surface area contributed by atoms with E-state index in [2.05, 4.69) is 41.0 Å². The zero-order chi connectivity index (χ0) is 16.6. The van der Waals surface area contributed by atoms with Crippen LogP contribution in [0.25, 0.3) is 11.0 Å². The Bertz CT molecular complexity index is 914. The van der Waals surface area contributed by atoms with Gasteiger partial charge in [-0.2, -0.15) is 4.98 Å². The van der Waals surface area contributed by atoms with Gasteiger partial charge in [0, 0.05) is 11.8 Å². The Morgan fingerprint density at radius 3 is 2.48 bits per heavy atom. The number of nitrogens with one attached hydrogen (secondary N) is 3. The van der Waals surface area contributed by atoms with Crippen LogP contribution in [-0.4, -0.2) is 20.9 Å². The topological polar surface area (TPSA) is 90.6 Å².